The summed E-state index contributed by atoms with van der Waals surface area (Å²) in [6.45, 7) is 2.11. The molecule has 1 aliphatic rings. The Morgan fingerprint density at radius 1 is 1.26 bits per heavy atom. The van der Waals surface area contributed by atoms with Crippen LogP contribution in [0, 0.1) is 6.92 Å². The Kier molecular flexibility index (Phi) is 3.60. The van der Waals surface area contributed by atoms with Gasteiger partial charge in [-0.15, -0.1) is 0 Å². The van der Waals surface area contributed by atoms with E-state index in [2.05, 4.69) is 55.9 Å². The standard InChI is InChI=1S/C15H18BrN3/c1-11-8-12(16)10-14(9-11)19-7-6-17-15(19)18-13-4-2-3-5-13/h6-10,13H,2-5H2,1H3,(H,17,18). The highest BCUT2D eigenvalue weighted by atomic mass is 79.9. The van der Waals surface area contributed by atoms with E-state index < -0.39 is 0 Å². The molecule has 0 amide bonds. The number of aryl methyl sites for hydroxylation is 1. The van der Waals surface area contributed by atoms with E-state index >= 15 is 0 Å². The lowest BCUT2D eigenvalue weighted by Gasteiger charge is -2.15. The van der Waals surface area contributed by atoms with E-state index in [0.29, 0.717) is 6.04 Å². The molecule has 100 valence electrons. The summed E-state index contributed by atoms with van der Waals surface area (Å²) in [4.78, 5) is 4.45. The summed E-state index contributed by atoms with van der Waals surface area (Å²) in [5.41, 5.74) is 2.38. The molecule has 1 aromatic heterocycles. The third-order valence-electron chi connectivity index (χ3n) is 3.63. The zero-order valence-electron chi connectivity index (χ0n) is 11.1. The van der Waals surface area contributed by atoms with Gasteiger partial charge in [-0.2, -0.15) is 0 Å². The Labute approximate surface area is 122 Å². The quantitative estimate of drug-likeness (QED) is 0.914. The number of nitrogens with zero attached hydrogens (tertiary/aromatic N) is 2. The van der Waals surface area contributed by atoms with Crippen molar-refractivity contribution in [2.24, 2.45) is 0 Å². The first-order valence-electron chi connectivity index (χ1n) is 6.80. The molecular weight excluding hydrogens is 302 g/mol. The first-order valence-corrected chi connectivity index (χ1v) is 7.59. The molecule has 0 spiro atoms. The summed E-state index contributed by atoms with van der Waals surface area (Å²) in [6, 6.07) is 6.99. The zero-order chi connectivity index (χ0) is 13.2. The van der Waals surface area contributed by atoms with Gasteiger partial charge < -0.3 is 5.32 Å². The van der Waals surface area contributed by atoms with E-state index in [1.165, 1.54) is 31.2 Å². The van der Waals surface area contributed by atoms with E-state index in [1.807, 2.05) is 12.4 Å². The third-order valence-corrected chi connectivity index (χ3v) is 4.09. The summed E-state index contributed by atoms with van der Waals surface area (Å²) in [7, 11) is 0. The van der Waals surface area contributed by atoms with Gasteiger partial charge in [0.1, 0.15) is 0 Å². The van der Waals surface area contributed by atoms with Gasteiger partial charge in [-0.05, 0) is 43.5 Å². The molecule has 1 heterocycles. The number of anilines is 1. The molecule has 0 bridgehead atoms. The molecule has 0 aliphatic heterocycles. The number of nitrogens with one attached hydrogen (secondary N) is 1. The number of benzene rings is 1. The van der Waals surface area contributed by atoms with Gasteiger partial charge in [0, 0.05) is 28.6 Å². The Balaban J connectivity index is 1.90. The van der Waals surface area contributed by atoms with Gasteiger partial charge in [0.15, 0.2) is 0 Å². The van der Waals surface area contributed by atoms with Crippen molar-refractivity contribution in [3.8, 4) is 5.69 Å². The topological polar surface area (TPSA) is 29.9 Å². The molecule has 4 heteroatoms. The summed E-state index contributed by atoms with van der Waals surface area (Å²) >= 11 is 3.56. The molecule has 3 rings (SSSR count). The van der Waals surface area contributed by atoms with Gasteiger partial charge in [-0.3, -0.25) is 4.57 Å². The summed E-state index contributed by atoms with van der Waals surface area (Å²) < 4.78 is 3.22. The van der Waals surface area contributed by atoms with E-state index in [9.17, 15) is 0 Å². The van der Waals surface area contributed by atoms with Crippen LogP contribution in [-0.2, 0) is 0 Å². The van der Waals surface area contributed by atoms with E-state index in [4.69, 9.17) is 0 Å². The third kappa shape index (κ3) is 2.84. The lowest BCUT2D eigenvalue weighted by Crippen LogP contribution is -2.17. The summed E-state index contributed by atoms with van der Waals surface area (Å²) in [5.74, 6) is 0.949. The van der Waals surface area contributed by atoms with E-state index in [1.54, 1.807) is 0 Å². The van der Waals surface area contributed by atoms with Crippen LogP contribution in [0.15, 0.2) is 35.1 Å². The second kappa shape index (κ2) is 5.37. The number of hydrogen-bond donors (Lipinski definition) is 1. The highest BCUT2D eigenvalue weighted by molar-refractivity contribution is 9.10. The molecular formula is C15H18BrN3. The van der Waals surface area contributed by atoms with Crippen molar-refractivity contribution < 1.29 is 0 Å². The Morgan fingerprint density at radius 3 is 2.79 bits per heavy atom. The van der Waals surface area contributed by atoms with E-state index in [-0.39, 0.29) is 0 Å². The van der Waals surface area contributed by atoms with Gasteiger partial charge in [0.2, 0.25) is 5.95 Å². The first kappa shape index (κ1) is 12.7. The number of rotatable bonds is 3. The van der Waals surface area contributed by atoms with Crippen molar-refractivity contribution in [3.05, 3.63) is 40.6 Å². The van der Waals surface area contributed by atoms with Crippen molar-refractivity contribution in [3.63, 3.8) is 0 Å². The van der Waals surface area contributed by atoms with E-state index in [0.717, 1.165) is 16.1 Å². The van der Waals surface area contributed by atoms with Gasteiger partial charge >= 0.3 is 0 Å². The van der Waals surface area contributed by atoms with Crippen LogP contribution in [0.5, 0.6) is 0 Å². The normalized spacial score (nSPS) is 15.9. The Hall–Kier alpha value is -1.29. The number of imidazole rings is 1. The Morgan fingerprint density at radius 2 is 2.05 bits per heavy atom. The van der Waals surface area contributed by atoms with Crippen LogP contribution in [0.2, 0.25) is 0 Å². The molecule has 1 N–H and O–H groups in total. The first-order chi connectivity index (χ1) is 9.22. The van der Waals surface area contributed by atoms with Crippen LogP contribution >= 0.6 is 15.9 Å². The fourth-order valence-electron chi connectivity index (χ4n) is 2.73. The number of halogens is 1. The monoisotopic (exact) mass is 319 g/mol. The molecule has 3 nitrogen and oxygen atoms in total. The zero-order valence-corrected chi connectivity index (χ0v) is 12.7. The van der Waals surface area contributed by atoms with Crippen molar-refractivity contribution in [1.29, 1.82) is 0 Å². The van der Waals surface area contributed by atoms with Crippen molar-refractivity contribution in [2.75, 3.05) is 5.32 Å². The minimum atomic E-state index is 0.578. The maximum Gasteiger partial charge on any atom is 0.207 e. The molecule has 1 saturated carbocycles. The van der Waals surface area contributed by atoms with Crippen molar-refractivity contribution in [1.82, 2.24) is 9.55 Å². The van der Waals surface area contributed by atoms with Gasteiger partial charge in [-0.25, -0.2) is 4.98 Å². The highest BCUT2D eigenvalue weighted by Crippen LogP contribution is 2.25. The predicted molar refractivity (Wildman–Crippen MR) is 81.9 cm³/mol. The number of aromatic nitrogens is 2. The van der Waals surface area contributed by atoms with Gasteiger partial charge in [0.25, 0.3) is 0 Å². The van der Waals surface area contributed by atoms with Crippen molar-refractivity contribution >= 4 is 21.9 Å². The van der Waals surface area contributed by atoms with Gasteiger partial charge in [0.05, 0.1) is 0 Å². The van der Waals surface area contributed by atoms with Crippen LogP contribution in [0.25, 0.3) is 5.69 Å². The lowest BCUT2D eigenvalue weighted by atomic mass is 10.2. The maximum absolute atomic E-state index is 4.45. The Bertz CT molecular complexity index is 550. The van der Waals surface area contributed by atoms with Crippen LogP contribution < -0.4 is 5.32 Å². The molecule has 0 radical (unpaired) electrons. The van der Waals surface area contributed by atoms with Gasteiger partial charge in [-0.1, -0.05) is 28.8 Å². The number of hydrogen-bond acceptors (Lipinski definition) is 2. The second-order valence-corrected chi connectivity index (χ2v) is 6.15. The second-order valence-electron chi connectivity index (χ2n) is 5.23. The summed E-state index contributed by atoms with van der Waals surface area (Å²) in [6.07, 6.45) is 9.03. The average molecular weight is 320 g/mol. The fourth-order valence-corrected chi connectivity index (χ4v) is 3.32. The largest absolute Gasteiger partial charge is 0.353 e. The molecule has 1 aliphatic carbocycles. The van der Waals surface area contributed by atoms with Crippen LogP contribution in [0.3, 0.4) is 0 Å². The summed E-state index contributed by atoms with van der Waals surface area (Å²) in [5, 5.41) is 3.56. The fraction of sp³-hybridized carbons (Fsp3) is 0.400. The molecule has 0 atom stereocenters. The molecule has 0 unspecified atom stereocenters. The SMILES string of the molecule is Cc1cc(Br)cc(-n2ccnc2NC2CCCC2)c1. The minimum absolute atomic E-state index is 0.578. The molecule has 0 saturated heterocycles. The van der Waals surface area contributed by atoms with Crippen LogP contribution in [-0.4, -0.2) is 15.6 Å². The highest BCUT2D eigenvalue weighted by Gasteiger charge is 2.17. The predicted octanol–water partition coefficient (Wildman–Crippen LogP) is 4.30. The molecule has 19 heavy (non-hydrogen) atoms. The lowest BCUT2D eigenvalue weighted by molar-refractivity contribution is 0.740. The molecule has 1 aromatic carbocycles. The maximum atomic E-state index is 4.45. The smallest absolute Gasteiger partial charge is 0.207 e. The van der Waals surface area contributed by atoms with Crippen LogP contribution in [0.4, 0.5) is 5.95 Å². The van der Waals surface area contributed by atoms with Crippen LogP contribution in [0.1, 0.15) is 31.2 Å². The minimum Gasteiger partial charge on any atom is -0.353 e. The van der Waals surface area contributed by atoms with Crippen molar-refractivity contribution in [2.45, 2.75) is 38.6 Å². The molecule has 2 aromatic rings. The molecule has 1 fully saturated rings. The average Bonchev–Trinajstić information content (AvgIpc) is 2.99.